The van der Waals surface area contributed by atoms with Gasteiger partial charge in [-0.05, 0) is 46.7 Å². The quantitative estimate of drug-likeness (QED) is 0.614. The topological polar surface area (TPSA) is 0 Å². The van der Waals surface area contributed by atoms with Crippen LogP contribution in [0.1, 0.15) is 38.5 Å². The maximum absolute atomic E-state index is 3.77. The van der Waals surface area contributed by atoms with E-state index in [9.17, 15) is 0 Å². The zero-order chi connectivity index (χ0) is 11.5. The molecule has 86 valence electrons. The van der Waals surface area contributed by atoms with Crippen LogP contribution in [0.3, 0.4) is 0 Å². The first-order valence-electron chi connectivity index (χ1n) is 5.26. The highest BCUT2D eigenvalue weighted by Crippen LogP contribution is 2.30. The Hall–Kier alpha value is 0.660. The number of thiophene rings is 1. The van der Waals surface area contributed by atoms with Crippen LogP contribution in [0.15, 0.2) is 15.9 Å². The van der Waals surface area contributed by atoms with E-state index >= 15 is 0 Å². The second-order valence-corrected chi connectivity index (χ2v) is 7.97. The maximum Gasteiger partial charge on any atom is 0.0285 e. The number of rotatable bonds is 4. The van der Waals surface area contributed by atoms with Gasteiger partial charge in [0.25, 0.3) is 0 Å². The van der Waals surface area contributed by atoms with Crippen LogP contribution in [0, 0.1) is 5.41 Å². The van der Waals surface area contributed by atoms with Crippen molar-refractivity contribution in [2.45, 2.75) is 44.9 Å². The number of aryl methyl sites for hydroxylation is 1. The van der Waals surface area contributed by atoms with E-state index in [4.69, 9.17) is 0 Å². The predicted molar refractivity (Wildman–Crippen MR) is 77.1 cm³/mol. The summed E-state index contributed by atoms with van der Waals surface area (Å²) in [4.78, 5) is 2.10. The molecule has 0 aliphatic heterocycles. The highest BCUT2D eigenvalue weighted by molar-refractivity contribution is 9.10. The second-order valence-electron chi connectivity index (χ2n) is 4.96. The summed E-state index contributed by atoms with van der Waals surface area (Å²) in [5.41, 5.74) is 0.371. The van der Waals surface area contributed by atoms with Gasteiger partial charge >= 0.3 is 0 Å². The van der Waals surface area contributed by atoms with Crippen LogP contribution in [0.2, 0.25) is 0 Å². The monoisotopic (exact) mass is 352 g/mol. The fraction of sp³-hybridized carbons (Fsp3) is 0.667. The molecular formula is C12H18Br2S. The fourth-order valence-corrected chi connectivity index (χ4v) is 3.19. The van der Waals surface area contributed by atoms with Gasteiger partial charge in [-0.2, -0.15) is 0 Å². The lowest BCUT2D eigenvalue weighted by Gasteiger charge is -2.25. The van der Waals surface area contributed by atoms with Gasteiger partial charge in [-0.1, -0.05) is 36.7 Å². The van der Waals surface area contributed by atoms with Gasteiger partial charge in [-0.15, -0.1) is 11.3 Å². The van der Waals surface area contributed by atoms with E-state index in [2.05, 4.69) is 64.1 Å². The van der Waals surface area contributed by atoms with Gasteiger partial charge in [-0.3, -0.25) is 0 Å². The molecule has 1 heterocycles. The average Bonchev–Trinajstić information content (AvgIpc) is 2.49. The first-order chi connectivity index (χ1) is 6.89. The molecule has 0 saturated carbocycles. The molecule has 1 aromatic rings. The number of hydrogen-bond acceptors (Lipinski definition) is 1. The lowest BCUT2D eigenvalue weighted by atomic mass is 9.89. The summed E-state index contributed by atoms with van der Waals surface area (Å²) in [5, 5.41) is 2.16. The largest absolute Gasteiger partial charge is 0.148 e. The van der Waals surface area contributed by atoms with Crippen molar-refractivity contribution in [3.63, 3.8) is 0 Å². The van der Waals surface area contributed by atoms with Gasteiger partial charge in [-0.25, -0.2) is 0 Å². The Morgan fingerprint density at radius 1 is 1.40 bits per heavy atom. The van der Waals surface area contributed by atoms with Crippen molar-refractivity contribution >= 4 is 43.2 Å². The molecule has 0 bridgehead atoms. The molecule has 1 rings (SSSR count). The van der Waals surface area contributed by atoms with Crippen LogP contribution >= 0.6 is 43.2 Å². The van der Waals surface area contributed by atoms with Gasteiger partial charge in [0, 0.05) is 19.6 Å². The van der Waals surface area contributed by atoms with Crippen LogP contribution in [0.5, 0.6) is 0 Å². The van der Waals surface area contributed by atoms with Crippen molar-refractivity contribution in [1.82, 2.24) is 0 Å². The molecule has 0 spiro atoms. The average molecular weight is 354 g/mol. The summed E-state index contributed by atoms with van der Waals surface area (Å²) in [6.45, 7) is 6.86. The summed E-state index contributed by atoms with van der Waals surface area (Å²) in [7, 11) is 0. The second kappa shape index (κ2) is 5.83. The smallest absolute Gasteiger partial charge is 0.0285 e. The van der Waals surface area contributed by atoms with E-state index in [-0.39, 0.29) is 0 Å². The van der Waals surface area contributed by atoms with E-state index in [1.807, 2.05) is 11.3 Å². The molecule has 0 amide bonds. The van der Waals surface area contributed by atoms with E-state index in [0.717, 1.165) is 0 Å². The zero-order valence-electron chi connectivity index (χ0n) is 9.52. The van der Waals surface area contributed by atoms with E-state index < -0.39 is 0 Å². The van der Waals surface area contributed by atoms with Crippen molar-refractivity contribution < 1.29 is 0 Å². The standard InChI is InChI=1S/C12H18Br2S/c1-12(2,3)11(14)6-4-5-10-7-9(13)8-15-10/h7-8,11H,4-6H2,1-3H3. The third kappa shape index (κ3) is 5.01. The van der Waals surface area contributed by atoms with Crippen LogP contribution in [0.25, 0.3) is 0 Å². The molecule has 15 heavy (non-hydrogen) atoms. The Balaban J connectivity index is 2.28. The molecule has 0 N–H and O–H groups in total. The molecule has 3 heteroatoms. The molecule has 0 nitrogen and oxygen atoms in total. The van der Waals surface area contributed by atoms with Crippen LogP contribution < -0.4 is 0 Å². The minimum absolute atomic E-state index is 0.371. The van der Waals surface area contributed by atoms with Crippen LogP contribution in [-0.4, -0.2) is 4.83 Å². The molecule has 0 fully saturated rings. The van der Waals surface area contributed by atoms with E-state index in [1.54, 1.807) is 0 Å². The van der Waals surface area contributed by atoms with Gasteiger partial charge in [0.1, 0.15) is 0 Å². The first-order valence-corrected chi connectivity index (χ1v) is 7.85. The highest BCUT2D eigenvalue weighted by Gasteiger charge is 2.20. The van der Waals surface area contributed by atoms with Gasteiger partial charge in [0.05, 0.1) is 0 Å². The molecule has 1 aromatic heterocycles. The minimum Gasteiger partial charge on any atom is -0.148 e. The van der Waals surface area contributed by atoms with Crippen molar-refractivity contribution in [3.05, 3.63) is 20.8 Å². The van der Waals surface area contributed by atoms with Crippen molar-refractivity contribution in [2.75, 3.05) is 0 Å². The highest BCUT2D eigenvalue weighted by atomic mass is 79.9. The number of alkyl halides is 1. The lowest BCUT2D eigenvalue weighted by molar-refractivity contribution is 0.380. The Labute approximate surface area is 114 Å². The van der Waals surface area contributed by atoms with Crippen LogP contribution in [0.4, 0.5) is 0 Å². The summed E-state index contributed by atoms with van der Waals surface area (Å²) in [6.07, 6.45) is 3.72. The lowest BCUT2D eigenvalue weighted by Crippen LogP contribution is -2.20. The van der Waals surface area contributed by atoms with Crippen LogP contribution in [-0.2, 0) is 6.42 Å². The number of halogens is 2. The normalized spacial score (nSPS) is 14.2. The van der Waals surface area contributed by atoms with Gasteiger partial charge < -0.3 is 0 Å². The van der Waals surface area contributed by atoms with E-state index in [1.165, 1.54) is 28.6 Å². The third-order valence-electron chi connectivity index (χ3n) is 2.44. The van der Waals surface area contributed by atoms with Crippen molar-refractivity contribution in [1.29, 1.82) is 0 Å². The molecule has 0 saturated heterocycles. The summed E-state index contributed by atoms with van der Waals surface area (Å²) in [6, 6.07) is 2.23. The molecule has 1 unspecified atom stereocenters. The molecule has 0 aliphatic rings. The fourth-order valence-electron chi connectivity index (χ4n) is 1.37. The maximum atomic E-state index is 3.77. The van der Waals surface area contributed by atoms with E-state index in [0.29, 0.717) is 10.2 Å². The Morgan fingerprint density at radius 2 is 2.07 bits per heavy atom. The Kier molecular flexibility index (Phi) is 5.33. The van der Waals surface area contributed by atoms with Crippen molar-refractivity contribution in [2.24, 2.45) is 5.41 Å². The first kappa shape index (κ1) is 13.7. The summed E-state index contributed by atoms with van der Waals surface area (Å²) in [5.74, 6) is 0. The third-order valence-corrected chi connectivity index (χ3v) is 6.03. The van der Waals surface area contributed by atoms with Crippen molar-refractivity contribution in [3.8, 4) is 0 Å². The molecule has 1 atom stereocenters. The molecule has 0 aliphatic carbocycles. The number of hydrogen-bond donors (Lipinski definition) is 0. The molecular weight excluding hydrogens is 336 g/mol. The Bertz CT molecular complexity index is 299. The van der Waals surface area contributed by atoms with Gasteiger partial charge in [0.15, 0.2) is 0 Å². The summed E-state index contributed by atoms with van der Waals surface area (Å²) >= 11 is 9.10. The molecule has 0 radical (unpaired) electrons. The predicted octanol–water partition coefficient (Wildman–Crippen LogP) is 5.64. The van der Waals surface area contributed by atoms with Gasteiger partial charge in [0.2, 0.25) is 0 Å². The molecule has 0 aromatic carbocycles. The summed E-state index contributed by atoms with van der Waals surface area (Å²) < 4.78 is 1.22. The minimum atomic E-state index is 0.371. The Morgan fingerprint density at radius 3 is 2.53 bits per heavy atom. The SMILES string of the molecule is CC(C)(C)C(Br)CCCc1cc(Br)cs1. The zero-order valence-corrected chi connectivity index (χ0v) is 13.5.